The molecule has 1 aromatic heterocycles. The number of hydrogen-bond acceptors (Lipinski definition) is 5. The standard InChI is InChI=1S/C14H11BrN2O2S2/c1-17-14(19)12(10-6-20-7-11(10)21-17)13(18)16-9-4-2-8(15)3-5-9/h2-7,19H,1H3,(H,16,18). The van der Waals surface area contributed by atoms with Crippen molar-refractivity contribution in [3.8, 4) is 0 Å². The molecule has 1 aliphatic heterocycles. The van der Waals surface area contributed by atoms with Gasteiger partial charge in [0.05, 0.1) is 0 Å². The highest BCUT2D eigenvalue weighted by Crippen LogP contribution is 2.41. The summed E-state index contributed by atoms with van der Waals surface area (Å²) in [4.78, 5) is 13.5. The van der Waals surface area contributed by atoms with E-state index < -0.39 is 0 Å². The molecule has 1 amide bonds. The maximum Gasteiger partial charge on any atom is 0.261 e. The molecule has 2 aromatic rings. The summed E-state index contributed by atoms with van der Waals surface area (Å²) in [6, 6.07) is 7.30. The minimum Gasteiger partial charge on any atom is -0.494 e. The number of aliphatic hydroxyl groups excluding tert-OH is 1. The summed E-state index contributed by atoms with van der Waals surface area (Å²) in [5.74, 6) is -0.345. The molecule has 0 atom stereocenters. The normalized spacial score (nSPS) is 14.1. The maximum atomic E-state index is 12.5. The molecule has 2 N–H and O–H groups in total. The van der Waals surface area contributed by atoms with Gasteiger partial charge in [-0.3, -0.25) is 9.10 Å². The summed E-state index contributed by atoms with van der Waals surface area (Å²) in [5.41, 5.74) is 1.76. The smallest absolute Gasteiger partial charge is 0.261 e. The van der Waals surface area contributed by atoms with E-state index in [1.165, 1.54) is 23.3 Å². The Bertz CT molecular complexity index is 725. The molecule has 0 radical (unpaired) electrons. The molecule has 0 unspecified atom stereocenters. The largest absolute Gasteiger partial charge is 0.494 e. The lowest BCUT2D eigenvalue weighted by atomic mass is 10.1. The van der Waals surface area contributed by atoms with Crippen LogP contribution < -0.4 is 5.32 Å². The van der Waals surface area contributed by atoms with Gasteiger partial charge in [0.15, 0.2) is 0 Å². The topological polar surface area (TPSA) is 52.6 Å². The van der Waals surface area contributed by atoms with Crippen molar-refractivity contribution >= 4 is 56.4 Å². The molecule has 21 heavy (non-hydrogen) atoms. The molecule has 108 valence electrons. The SMILES string of the molecule is CN1Sc2cscc2C(C(=O)Nc2ccc(Br)cc2)=C1O. The number of amides is 1. The van der Waals surface area contributed by atoms with Gasteiger partial charge in [-0.05, 0) is 36.2 Å². The van der Waals surface area contributed by atoms with E-state index in [0.29, 0.717) is 11.3 Å². The van der Waals surface area contributed by atoms with Gasteiger partial charge in [0.1, 0.15) is 5.57 Å². The van der Waals surface area contributed by atoms with Gasteiger partial charge in [-0.1, -0.05) is 15.9 Å². The Kier molecular flexibility index (Phi) is 3.97. The van der Waals surface area contributed by atoms with E-state index >= 15 is 0 Å². The number of hydrogen-bond donors (Lipinski definition) is 2. The molecule has 2 heterocycles. The number of halogens is 1. The molecule has 3 rings (SSSR count). The molecule has 1 aliphatic rings. The highest BCUT2D eigenvalue weighted by Gasteiger charge is 2.29. The minimum atomic E-state index is -0.318. The Morgan fingerprint density at radius 3 is 2.71 bits per heavy atom. The molecule has 0 saturated carbocycles. The molecular weight excluding hydrogens is 372 g/mol. The number of benzene rings is 1. The van der Waals surface area contributed by atoms with Gasteiger partial charge in [-0.25, -0.2) is 0 Å². The van der Waals surface area contributed by atoms with Crippen LogP contribution in [-0.2, 0) is 4.79 Å². The first-order chi connectivity index (χ1) is 10.1. The van der Waals surface area contributed by atoms with E-state index in [-0.39, 0.29) is 11.8 Å². The van der Waals surface area contributed by atoms with Crippen molar-refractivity contribution in [2.45, 2.75) is 4.90 Å². The Labute approximate surface area is 138 Å². The number of thiophene rings is 1. The fourth-order valence-electron chi connectivity index (χ4n) is 1.96. The Hall–Kier alpha value is -1.44. The van der Waals surface area contributed by atoms with E-state index in [1.54, 1.807) is 23.5 Å². The van der Waals surface area contributed by atoms with Crippen LogP contribution in [0.5, 0.6) is 0 Å². The number of nitrogens with one attached hydrogen (secondary N) is 1. The fourth-order valence-corrected chi connectivity index (χ4v) is 4.07. The number of carbonyl (C=O) groups is 1. The van der Waals surface area contributed by atoms with Gasteiger partial charge >= 0.3 is 0 Å². The van der Waals surface area contributed by atoms with Crippen LogP contribution in [-0.4, -0.2) is 22.4 Å². The van der Waals surface area contributed by atoms with Gasteiger partial charge < -0.3 is 10.4 Å². The summed E-state index contributed by atoms with van der Waals surface area (Å²) in [6.45, 7) is 0. The molecular formula is C14H11BrN2O2S2. The predicted molar refractivity (Wildman–Crippen MR) is 90.3 cm³/mol. The van der Waals surface area contributed by atoms with Crippen LogP contribution in [0.1, 0.15) is 5.56 Å². The van der Waals surface area contributed by atoms with Gasteiger partial charge in [0.25, 0.3) is 5.91 Å². The second-order valence-corrected chi connectivity index (χ2v) is 7.23. The lowest BCUT2D eigenvalue weighted by Gasteiger charge is -2.24. The van der Waals surface area contributed by atoms with E-state index in [9.17, 15) is 9.90 Å². The number of carbonyl (C=O) groups excluding carboxylic acids is 1. The van der Waals surface area contributed by atoms with Crippen molar-refractivity contribution in [3.63, 3.8) is 0 Å². The maximum absolute atomic E-state index is 12.5. The van der Waals surface area contributed by atoms with E-state index in [1.807, 2.05) is 22.9 Å². The number of aliphatic hydroxyl groups is 1. The molecule has 0 fully saturated rings. The molecule has 4 nitrogen and oxygen atoms in total. The average molecular weight is 383 g/mol. The molecule has 0 spiro atoms. The zero-order valence-corrected chi connectivity index (χ0v) is 14.2. The summed E-state index contributed by atoms with van der Waals surface area (Å²) in [5, 5.41) is 16.9. The molecule has 1 aromatic carbocycles. The number of nitrogens with zero attached hydrogens (tertiary/aromatic N) is 1. The molecule has 0 saturated heterocycles. The predicted octanol–water partition coefficient (Wildman–Crippen LogP) is 4.33. The van der Waals surface area contributed by atoms with Crippen molar-refractivity contribution < 1.29 is 9.90 Å². The van der Waals surface area contributed by atoms with E-state index in [0.717, 1.165) is 14.9 Å². The van der Waals surface area contributed by atoms with Crippen LogP contribution in [0, 0.1) is 0 Å². The highest BCUT2D eigenvalue weighted by atomic mass is 79.9. The van der Waals surface area contributed by atoms with Gasteiger partial charge in [-0.2, -0.15) is 11.3 Å². The van der Waals surface area contributed by atoms with Crippen LogP contribution in [0.3, 0.4) is 0 Å². The fraction of sp³-hybridized carbons (Fsp3) is 0.0714. The summed E-state index contributed by atoms with van der Waals surface area (Å²) < 4.78 is 2.53. The first-order valence-electron chi connectivity index (χ1n) is 6.04. The van der Waals surface area contributed by atoms with Crippen molar-refractivity contribution in [2.24, 2.45) is 0 Å². The summed E-state index contributed by atoms with van der Waals surface area (Å²) >= 11 is 6.27. The zero-order valence-electron chi connectivity index (χ0n) is 11.0. The summed E-state index contributed by atoms with van der Waals surface area (Å²) in [6.07, 6.45) is 0. The Morgan fingerprint density at radius 2 is 2.00 bits per heavy atom. The van der Waals surface area contributed by atoms with Crippen LogP contribution >= 0.6 is 39.2 Å². The zero-order chi connectivity index (χ0) is 15.0. The Morgan fingerprint density at radius 1 is 1.29 bits per heavy atom. The third kappa shape index (κ3) is 2.81. The number of rotatable bonds is 2. The quantitative estimate of drug-likeness (QED) is 0.758. The van der Waals surface area contributed by atoms with Crippen LogP contribution in [0.2, 0.25) is 0 Å². The Balaban J connectivity index is 1.93. The van der Waals surface area contributed by atoms with Crippen LogP contribution in [0.15, 0.2) is 50.3 Å². The van der Waals surface area contributed by atoms with Crippen molar-refractivity contribution in [1.29, 1.82) is 0 Å². The molecule has 0 bridgehead atoms. The number of anilines is 1. The highest BCUT2D eigenvalue weighted by molar-refractivity contribution is 9.10. The minimum absolute atomic E-state index is 0.0273. The first-order valence-corrected chi connectivity index (χ1v) is 8.55. The summed E-state index contributed by atoms with van der Waals surface area (Å²) in [7, 11) is 1.73. The lowest BCUT2D eigenvalue weighted by Crippen LogP contribution is -2.22. The van der Waals surface area contributed by atoms with Crippen molar-refractivity contribution in [3.05, 3.63) is 50.9 Å². The third-order valence-corrected chi connectivity index (χ3v) is 5.38. The molecule has 0 aliphatic carbocycles. The van der Waals surface area contributed by atoms with E-state index in [4.69, 9.17) is 0 Å². The number of fused-ring (bicyclic) bond motifs is 1. The second kappa shape index (κ2) is 5.75. The molecule has 7 heteroatoms. The van der Waals surface area contributed by atoms with Gasteiger partial charge in [-0.15, -0.1) is 0 Å². The third-order valence-electron chi connectivity index (χ3n) is 2.98. The average Bonchev–Trinajstić information content (AvgIpc) is 2.90. The van der Waals surface area contributed by atoms with Crippen LogP contribution in [0.25, 0.3) is 5.57 Å². The van der Waals surface area contributed by atoms with Crippen LogP contribution in [0.4, 0.5) is 5.69 Å². The monoisotopic (exact) mass is 382 g/mol. The van der Waals surface area contributed by atoms with Gasteiger partial charge in [0.2, 0.25) is 5.88 Å². The first kappa shape index (κ1) is 14.5. The lowest BCUT2D eigenvalue weighted by molar-refractivity contribution is -0.111. The van der Waals surface area contributed by atoms with Crippen molar-refractivity contribution in [2.75, 3.05) is 12.4 Å². The van der Waals surface area contributed by atoms with Gasteiger partial charge in [0, 0.05) is 38.4 Å². The van der Waals surface area contributed by atoms with Crippen molar-refractivity contribution in [1.82, 2.24) is 4.31 Å². The van der Waals surface area contributed by atoms with E-state index in [2.05, 4.69) is 21.2 Å². The second-order valence-electron chi connectivity index (χ2n) is 4.40.